The summed E-state index contributed by atoms with van der Waals surface area (Å²) in [6.07, 6.45) is 0.551. The van der Waals surface area contributed by atoms with E-state index in [-0.39, 0.29) is 24.0 Å². The minimum atomic E-state index is -3.75. The fourth-order valence-corrected chi connectivity index (χ4v) is 5.59. The van der Waals surface area contributed by atoms with Crippen molar-refractivity contribution >= 4 is 32.4 Å². The van der Waals surface area contributed by atoms with Crippen molar-refractivity contribution in [1.29, 1.82) is 0 Å². The topological polar surface area (TPSA) is 75.7 Å². The summed E-state index contributed by atoms with van der Waals surface area (Å²) in [4.78, 5) is 12.5. The van der Waals surface area contributed by atoms with Crippen LogP contribution in [0, 0.1) is 5.82 Å². The summed E-state index contributed by atoms with van der Waals surface area (Å²) in [5, 5.41) is 4.94. The molecule has 1 aliphatic rings. The Labute approximate surface area is 203 Å². The van der Waals surface area contributed by atoms with Crippen LogP contribution in [-0.2, 0) is 27.8 Å². The van der Waals surface area contributed by atoms with E-state index >= 15 is 0 Å². The third kappa shape index (κ3) is 5.03. The molecule has 35 heavy (non-hydrogen) atoms. The van der Waals surface area contributed by atoms with Gasteiger partial charge in [0.05, 0.1) is 4.90 Å². The number of carbonyl (C=O) groups is 1. The highest BCUT2D eigenvalue weighted by atomic mass is 32.2. The quantitative estimate of drug-likeness (QED) is 0.424. The average molecular weight is 491 g/mol. The highest BCUT2D eigenvalue weighted by Gasteiger charge is 2.28. The van der Waals surface area contributed by atoms with Crippen molar-refractivity contribution < 1.29 is 22.3 Å². The fraction of sp³-hybridized carbons (Fsp3) is 0.148. The zero-order chi connectivity index (χ0) is 24.4. The summed E-state index contributed by atoms with van der Waals surface area (Å²) in [5.74, 6) is -0.200. The van der Waals surface area contributed by atoms with Gasteiger partial charge in [-0.1, -0.05) is 36.4 Å². The van der Waals surface area contributed by atoms with Crippen LogP contribution in [0.1, 0.15) is 11.1 Å². The molecule has 0 saturated carbocycles. The first-order valence-electron chi connectivity index (χ1n) is 11.2. The van der Waals surface area contributed by atoms with E-state index in [2.05, 4.69) is 5.32 Å². The van der Waals surface area contributed by atoms with Crippen LogP contribution in [0.25, 0.3) is 10.8 Å². The van der Waals surface area contributed by atoms with Crippen LogP contribution in [-0.4, -0.2) is 31.8 Å². The minimum Gasteiger partial charge on any atom is -0.484 e. The Morgan fingerprint density at radius 2 is 1.69 bits per heavy atom. The van der Waals surface area contributed by atoms with Crippen molar-refractivity contribution in [2.45, 2.75) is 17.9 Å². The number of ether oxygens (including phenoxy) is 1. The van der Waals surface area contributed by atoms with Gasteiger partial charge in [-0.15, -0.1) is 0 Å². The maximum absolute atomic E-state index is 13.2. The average Bonchev–Trinajstić information content (AvgIpc) is 2.87. The lowest BCUT2D eigenvalue weighted by molar-refractivity contribution is -0.118. The van der Waals surface area contributed by atoms with Crippen LogP contribution >= 0.6 is 0 Å². The number of hydrogen-bond donors (Lipinski definition) is 1. The number of rotatable bonds is 6. The molecule has 0 unspecified atom stereocenters. The molecule has 1 amide bonds. The number of nitrogens with one attached hydrogen (secondary N) is 1. The summed E-state index contributed by atoms with van der Waals surface area (Å²) in [6.45, 7) is 0.352. The summed E-state index contributed by atoms with van der Waals surface area (Å²) in [7, 11) is -3.75. The van der Waals surface area contributed by atoms with Crippen molar-refractivity contribution in [2.75, 3.05) is 18.5 Å². The third-order valence-electron chi connectivity index (χ3n) is 6.01. The Morgan fingerprint density at radius 1 is 0.914 bits per heavy atom. The Balaban J connectivity index is 1.24. The number of amides is 1. The van der Waals surface area contributed by atoms with Gasteiger partial charge in [-0.05, 0) is 76.9 Å². The number of benzene rings is 4. The molecule has 0 saturated heterocycles. The first-order chi connectivity index (χ1) is 16.9. The highest BCUT2D eigenvalue weighted by molar-refractivity contribution is 7.89. The van der Waals surface area contributed by atoms with Gasteiger partial charge in [0.25, 0.3) is 5.91 Å². The molecule has 5 rings (SSSR count). The number of hydrogen-bond acceptors (Lipinski definition) is 4. The van der Waals surface area contributed by atoms with Crippen molar-refractivity contribution in [1.82, 2.24) is 4.31 Å². The molecule has 0 bridgehead atoms. The number of carbonyl (C=O) groups excluding carboxylic acids is 1. The number of halogens is 1. The molecular formula is C27H23FN2O4S. The van der Waals surface area contributed by atoms with E-state index in [1.54, 1.807) is 12.1 Å². The predicted molar refractivity (Wildman–Crippen MR) is 132 cm³/mol. The Hall–Kier alpha value is -3.75. The molecule has 0 fully saturated rings. The summed E-state index contributed by atoms with van der Waals surface area (Å²) < 4.78 is 46.2. The molecule has 4 aromatic rings. The van der Waals surface area contributed by atoms with Gasteiger partial charge < -0.3 is 10.1 Å². The van der Waals surface area contributed by atoms with Gasteiger partial charge >= 0.3 is 0 Å². The number of fused-ring (bicyclic) bond motifs is 2. The monoisotopic (exact) mass is 490 g/mol. The lowest BCUT2D eigenvalue weighted by Gasteiger charge is -2.28. The van der Waals surface area contributed by atoms with Gasteiger partial charge in [-0.3, -0.25) is 4.79 Å². The van der Waals surface area contributed by atoms with E-state index in [0.29, 0.717) is 24.4 Å². The lowest BCUT2D eigenvalue weighted by Crippen LogP contribution is -2.36. The fourth-order valence-electron chi connectivity index (χ4n) is 4.17. The second-order valence-electron chi connectivity index (χ2n) is 8.37. The molecule has 1 heterocycles. The standard InChI is InChI=1S/C27H23FN2O4S/c28-23-7-11-26(12-8-23)35(32,33)30-14-13-20-5-9-24(15-22(20)17-30)29-27(31)18-34-25-10-6-19-3-1-2-4-21(19)16-25/h1-12,15-16H,13-14,17-18H2,(H,29,31). The summed E-state index contributed by atoms with van der Waals surface area (Å²) in [5.41, 5.74) is 2.41. The molecule has 1 aliphatic heterocycles. The molecule has 0 aromatic heterocycles. The van der Waals surface area contributed by atoms with Crippen molar-refractivity contribution in [3.8, 4) is 5.75 Å². The normalized spacial score (nSPS) is 13.9. The smallest absolute Gasteiger partial charge is 0.262 e. The number of anilines is 1. The van der Waals surface area contributed by atoms with E-state index in [1.165, 1.54) is 16.4 Å². The van der Waals surface area contributed by atoms with Gasteiger partial charge in [-0.2, -0.15) is 4.31 Å². The van der Waals surface area contributed by atoms with E-state index in [4.69, 9.17) is 4.74 Å². The van der Waals surface area contributed by atoms with Crippen LogP contribution in [0.15, 0.2) is 89.8 Å². The molecule has 0 spiro atoms. The van der Waals surface area contributed by atoms with Crippen molar-refractivity contribution in [3.05, 3.63) is 102 Å². The molecule has 0 aliphatic carbocycles. The van der Waals surface area contributed by atoms with Gasteiger partial charge in [-0.25, -0.2) is 12.8 Å². The maximum atomic E-state index is 13.2. The van der Waals surface area contributed by atoms with E-state index in [0.717, 1.165) is 34.0 Å². The van der Waals surface area contributed by atoms with E-state index in [1.807, 2.05) is 48.5 Å². The van der Waals surface area contributed by atoms with Crippen molar-refractivity contribution in [3.63, 3.8) is 0 Å². The molecule has 0 atom stereocenters. The van der Waals surface area contributed by atoms with Gasteiger partial charge in [0.15, 0.2) is 6.61 Å². The second-order valence-corrected chi connectivity index (χ2v) is 10.3. The Kier molecular flexibility index (Phi) is 6.23. The van der Waals surface area contributed by atoms with E-state index in [9.17, 15) is 17.6 Å². The molecule has 0 radical (unpaired) electrons. The summed E-state index contributed by atoms with van der Waals surface area (Å²) >= 11 is 0. The third-order valence-corrected chi connectivity index (χ3v) is 7.87. The van der Waals surface area contributed by atoms with Crippen LogP contribution in [0.4, 0.5) is 10.1 Å². The van der Waals surface area contributed by atoms with Gasteiger partial charge in [0.1, 0.15) is 11.6 Å². The number of nitrogens with zero attached hydrogens (tertiary/aromatic N) is 1. The van der Waals surface area contributed by atoms with Crippen molar-refractivity contribution in [2.24, 2.45) is 0 Å². The molecule has 6 nitrogen and oxygen atoms in total. The molecule has 8 heteroatoms. The zero-order valence-electron chi connectivity index (χ0n) is 18.8. The minimum absolute atomic E-state index is 0.0534. The van der Waals surface area contributed by atoms with Gasteiger partial charge in [0.2, 0.25) is 10.0 Å². The van der Waals surface area contributed by atoms with Crippen LogP contribution in [0.5, 0.6) is 5.75 Å². The largest absolute Gasteiger partial charge is 0.484 e. The molecule has 178 valence electrons. The first-order valence-corrected chi connectivity index (χ1v) is 12.6. The predicted octanol–water partition coefficient (Wildman–Crippen LogP) is 4.74. The lowest BCUT2D eigenvalue weighted by atomic mass is 10.0. The first kappa shape index (κ1) is 23.0. The summed E-state index contributed by atoms with van der Waals surface area (Å²) in [6, 6.07) is 23.9. The molecule has 1 N–H and O–H groups in total. The van der Waals surface area contributed by atoms with Crippen LogP contribution in [0.3, 0.4) is 0 Å². The molecule has 4 aromatic carbocycles. The second kappa shape index (κ2) is 9.48. The Morgan fingerprint density at radius 3 is 2.49 bits per heavy atom. The van der Waals surface area contributed by atoms with Crippen LogP contribution < -0.4 is 10.1 Å². The Bertz CT molecular complexity index is 1500. The number of sulfonamides is 1. The molecular weight excluding hydrogens is 467 g/mol. The zero-order valence-corrected chi connectivity index (χ0v) is 19.6. The van der Waals surface area contributed by atoms with Crippen LogP contribution in [0.2, 0.25) is 0 Å². The van der Waals surface area contributed by atoms with E-state index < -0.39 is 15.8 Å². The van der Waals surface area contributed by atoms with Gasteiger partial charge in [0, 0.05) is 18.8 Å². The maximum Gasteiger partial charge on any atom is 0.262 e. The highest BCUT2D eigenvalue weighted by Crippen LogP contribution is 2.27. The SMILES string of the molecule is O=C(COc1ccc2ccccc2c1)Nc1ccc2c(c1)CN(S(=O)(=O)c1ccc(F)cc1)CC2.